The van der Waals surface area contributed by atoms with Crippen molar-refractivity contribution in [3.05, 3.63) is 11.9 Å². The number of nitrogens with zero attached hydrogens (tertiary/aromatic N) is 2. The summed E-state index contributed by atoms with van der Waals surface area (Å²) in [7, 11) is 0. The Balaban J connectivity index is 2.83. The second kappa shape index (κ2) is 5.20. The predicted octanol–water partition coefficient (Wildman–Crippen LogP) is 1.69. The summed E-state index contributed by atoms with van der Waals surface area (Å²) in [6.07, 6.45) is -7.12. The van der Waals surface area contributed by atoms with Crippen molar-refractivity contribution in [2.24, 2.45) is 0 Å². The van der Waals surface area contributed by atoms with Crippen LogP contribution < -0.4 is 11.1 Å². The Labute approximate surface area is 109 Å². The van der Waals surface area contributed by atoms with Gasteiger partial charge in [0.15, 0.2) is 6.10 Å². The number of hydrogen-bond donors (Lipinski definition) is 3. The number of rotatable bonds is 3. The highest BCUT2D eigenvalue weighted by molar-refractivity contribution is 5.45. The average Bonchev–Trinajstić information content (AvgIpc) is 2.22. The van der Waals surface area contributed by atoms with Gasteiger partial charge in [0.1, 0.15) is 17.5 Å². The largest absolute Gasteiger partial charge is 0.416 e. The van der Waals surface area contributed by atoms with Gasteiger partial charge >= 0.3 is 6.18 Å². The van der Waals surface area contributed by atoms with Gasteiger partial charge in [0.25, 0.3) is 0 Å². The highest BCUT2D eigenvalue weighted by Crippen LogP contribution is 2.23. The summed E-state index contributed by atoms with van der Waals surface area (Å²) in [5.74, 6) is 0.723. The number of aliphatic hydroxyl groups is 1. The summed E-state index contributed by atoms with van der Waals surface area (Å²) in [5, 5.41) is 11.3. The number of alkyl halides is 3. The first-order chi connectivity index (χ1) is 8.50. The summed E-state index contributed by atoms with van der Waals surface area (Å²) in [6, 6.07) is 1.32. The zero-order valence-electron chi connectivity index (χ0n) is 10.9. The fourth-order valence-electron chi connectivity index (χ4n) is 1.21. The van der Waals surface area contributed by atoms with Gasteiger partial charge in [-0.3, -0.25) is 0 Å². The molecule has 0 saturated heterocycles. The van der Waals surface area contributed by atoms with Crippen molar-refractivity contribution in [1.82, 2.24) is 9.97 Å². The normalized spacial score (nSPS) is 14.3. The first kappa shape index (κ1) is 15.5. The maximum absolute atomic E-state index is 12.2. The molecule has 1 unspecified atom stereocenters. The number of aromatic nitrogens is 2. The fraction of sp³-hybridized carbons (Fsp3) is 0.636. The van der Waals surface area contributed by atoms with E-state index in [2.05, 4.69) is 15.3 Å². The molecule has 0 aliphatic heterocycles. The lowest BCUT2D eigenvalue weighted by atomic mass is 9.96. The van der Waals surface area contributed by atoms with E-state index >= 15 is 0 Å². The molecule has 108 valence electrons. The van der Waals surface area contributed by atoms with E-state index in [0.29, 0.717) is 5.82 Å². The first-order valence-corrected chi connectivity index (χ1v) is 5.64. The number of anilines is 2. The third kappa shape index (κ3) is 4.55. The van der Waals surface area contributed by atoms with Crippen LogP contribution in [0.2, 0.25) is 0 Å². The van der Waals surface area contributed by atoms with Gasteiger partial charge in [-0.2, -0.15) is 13.2 Å². The highest BCUT2D eigenvalue weighted by atomic mass is 19.4. The molecule has 0 bridgehead atoms. The van der Waals surface area contributed by atoms with Crippen LogP contribution in [-0.4, -0.2) is 33.9 Å². The lowest BCUT2D eigenvalue weighted by Gasteiger charge is -2.19. The van der Waals surface area contributed by atoms with Crippen LogP contribution >= 0.6 is 0 Å². The molecule has 1 heterocycles. The Morgan fingerprint density at radius 2 is 1.89 bits per heavy atom. The number of aliphatic hydroxyl groups excluding tert-OH is 1. The third-order valence-electron chi connectivity index (χ3n) is 2.27. The molecule has 0 spiro atoms. The molecule has 19 heavy (non-hydrogen) atoms. The molecule has 0 aromatic carbocycles. The van der Waals surface area contributed by atoms with Crippen molar-refractivity contribution >= 4 is 11.6 Å². The van der Waals surface area contributed by atoms with Gasteiger partial charge in [-0.05, 0) is 0 Å². The summed E-state index contributed by atoms with van der Waals surface area (Å²) in [5.41, 5.74) is 5.19. The number of nitrogens with two attached hydrogens (primary N) is 1. The molecule has 4 N–H and O–H groups in total. The average molecular weight is 278 g/mol. The van der Waals surface area contributed by atoms with Crippen LogP contribution in [0.5, 0.6) is 0 Å². The highest BCUT2D eigenvalue weighted by Gasteiger charge is 2.37. The molecule has 1 aromatic heterocycles. The lowest BCUT2D eigenvalue weighted by molar-refractivity contribution is -0.198. The smallest absolute Gasteiger partial charge is 0.384 e. The molecule has 0 fully saturated rings. The quantitative estimate of drug-likeness (QED) is 0.783. The zero-order chi connectivity index (χ0) is 14.8. The molecular weight excluding hydrogens is 261 g/mol. The Bertz CT molecular complexity index is 443. The molecule has 1 aromatic rings. The molecular formula is C11H17F3N4O. The summed E-state index contributed by atoms with van der Waals surface area (Å²) in [6.45, 7) is 4.88. The predicted molar refractivity (Wildman–Crippen MR) is 65.7 cm³/mol. The van der Waals surface area contributed by atoms with Crippen molar-refractivity contribution in [2.45, 2.75) is 38.5 Å². The molecule has 0 amide bonds. The van der Waals surface area contributed by atoms with E-state index in [9.17, 15) is 13.2 Å². The van der Waals surface area contributed by atoms with E-state index in [1.807, 2.05) is 20.8 Å². The maximum Gasteiger partial charge on any atom is 0.416 e. The van der Waals surface area contributed by atoms with Crippen LogP contribution in [0.4, 0.5) is 24.8 Å². The Morgan fingerprint density at radius 1 is 1.32 bits per heavy atom. The van der Waals surface area contributed by atoms with Gasteiger partial charge in [0, 0.05) is 11.5 Å². The monoisotopic (exact) mass is 278 g/mol. The minimum absolute atomic E-state index is 0.153. The summed E-state index contributed by atoms with van der Waals surface area (Å²) < 4.78 is 36.5. The molecule has 8 heteroatoms. The van der Waals surface area contributed by atoms with Crippen molar-refractivity contribution in [3.63, 3.8) is 0 Å². The first-order valence-electron chi connectivity index (χ1n) is 5.64. The zero-order valence-corrected chi connectivity index (χ0v) is 10.9. The Hall–Kier alpha value is -1.57. The van der Waals surface area contributed by atoms with Crippen molar-refractivity contribution < 1.29 is 18.3 Å². The van der Waals surface area contributed by atoms with Gasteiger partial charge < -0.3 is 16.2 Å². The molecule has 5 nitrogen and oxygen atoms in total. The molecule has 1 atom stereocenters. The van der Waals surface area contributed by atoms with E-state index in [1.54, 1.807) is 0 Å². The van der Waals surface area contributed by atoms with E-state index in [1.165, 1.54) is 6.07 Å². The van der Waals surface area contributed by atoms with Crippen molar-refractivity contribution in [2.75, 3.05) is 17.6 Å². The van der Waals surface area contributed by atoms with Gasteiger partial charge in [-0.1, -0.05) is 20.8 Å². The van der Waals surface area contributed by atoms with Crippen molar-refractivity contribution in [3.8, 4) is 0 Å². The molecule has 0 aliphatic rings. The van der Waals surface area contributed by atoms with E-state index < -0.39 is 18.8 Å². The minimum atomic E-state index is -4.67. The van der Waals surface area contributed by atoms with Gasteiger partial charge in [0.05, 0.1) is 6.54 Å². The number of nitrogens with one attached hydrogen (secondary N) is 1. The molecule has 1 rings (SSSR count). The molecule has 0 saturated carbocycles. The van der Waals surface area contributed by atoms with E-state index in [4.69, 9.17) is 10.8 Å². The minimum Gasteiger partial charge on any atom is -0.384 e. The fourth-order valence-corrected chi connectivity index (χ4v) is 1.21. The maximum atomic E-state index is 12.2. The number of nitrogen functional groups attached to an aromatic ring is 1. The molecule has 0 radical (unpaired) electrons. The second-order valence-electron chi connectivity index (χ2n) is 5.19. The third-order valence-corrected chi connectivity index (χ3v) is 2.27. The van der Waals surface area contributed by atoms with Crippen LogP contribution in [0.15, 0.2) is 6.07 Å². The Kier molecular flexibility index (Phi) is 4.24. The SMILES string of the molecule is CC(C)(C)c1nc(N)cc(NCC(O)C(F)(F)F)n1. The summed E-state index contributed by atoms with van der Waals surface area (Å²) >= 11 is 0. The second-order valence-corrected chi connectivity index (χ2v) is 5.19. The Morgan fingerprint density at radius 3 is 2.37 bits per heavy atom. The van der Waals surface area contributed by atoms with Crippen LogP contribution in [-0.2, 0) is 5.41 Å². The molecule has 0 aliphatic carbocycles. The van der Waals surface area contributed by atoms with Gasteiger partial charge in [-0.15, -0.1) is 0 Å². The van der Waals surface area contributed by atoms with Crippen LogP contribution in [0.1, 0.15) is 26.6 Å². The van der Waals surface area contributed by atoms with Crippen LogP contribution in [0, 0.1) is 0 Å². The van der Waals surface area contributed by atoms with E-state index in [-0.39, 0.29) is 17.1 Å². The standard InChI is InChI=1S/C11H17F3N4O/c1-10(2,3)9-17-7(15)4-8(18-9)16-5-6(19)11(12,13)14/h4,6,19H,5H2,1-3H3,(H3,15,16,17,18). The van der Waals surface area contributed by atoms with Gasteiger partial charge in [-0.25, -0.2) is 9.97 Å². The van der Waals surface area contributed by atoms with Gasteiger partial charge in [0.2, 0.25) is 0 Å². The van der Waals surface area contributed by atoms with Crippen LogP contribution in [0.25, 0.3) is 0 Å². The topological polar surface area (TPSA) is 84.1 Å². The van der Waals surface area contributed by atoms with Crippen molar-refractivity contribution in [1.29, 1.82) is 0 Å². The number of hydrogen-bond acceptors (Lipinski definition) is 5. The van der Waals surface area contributed by atoms with Crippen LogP contribution in [0.3, 0.4) is 0 Å². The lowest BCUT2D eigenvalue weighted by Crippen LogP contribution is -2.35. The van der Waals surface area contributed by atoms with E-state index in [0.717, 1.165) is 0 Å². The summed E-state index contributed by atoms with van der Waals surface area (Å²) in [4.78, 5) is 8.10. The number of halogens is 3.